The maximum atomic E-state index is 3.70. The van der Waals surface area contributed by atoms with Gasteiger partial charge in [0.25, 0.3) is 0 Å². The summed E-state index contributed by atoms with van der Waals surface area (Å²) in [5, 5.41) is 3.70. The Labute approximate surface area is 114 Å². The van der Waals surface area contributed by atoms with Crippen molar-refractivity contribution in [1.82, 2.24) is 10.2 Å². The summed E-state index contributed by atoms with van der Waals surface area (Å²) in [6.07, 6.45) is 9.83. The third-order valence-corrected chi connectivity index (χ3v) is 4.95. The van der Waals surface area contributed by atoms with E-state index >= 15 is 0 Å². The Morgan fingerprint density at radius 3 is 2.61 bits per heavy atom. The van der Waals surface area contributed by atoms with E-state index in [1.165, 1.54) is 58.0 Å². The maximum Gasteiger partial charge on any atom is 0.0108 e. The number of rotatable bonds is 7. The summed E-state index contributed by atoms with van der Waals surface area (Å²) in [6.45, 7) is 9.75. The summed E-state index contributed by atoms with van der Waals surface area (Å²) in [4.78, 5) is 2.81. The Hall–Kier alpha value is -0.0800. The molecule has 1 N–H and O–H groups in total. The van der Waals surface area contributed by atoms with Crippen LogP contribution in [0.5, 0.6) is 0 Å². The third-order valence-electron chi connectivity index (χ3n) is 4.95. The van der Waals surface area contributed by atoms with Crippen molar-refractivity contribution in [1.29, 1.82) is 0 Å². The topological polar surface area (TPSA) is 15.3 Å². The third kappa shape index (κ3) is 3.96. The zero-order valence-corrected chi connectivity index (χ0v) is 12.6. The van der Waals surface area contributed by atoms with Crippen LogP contribution in [0.4, 0.5) is 0 Å². The Morgan fingerprint density at radius 1 is 1.17 bits per heavy atom. The van der Waals surface area contributed by atoms with Crippen LogP contribution >= 0.6 is 0 Å². The first-order valence-corrected chi connectivity index (χ1v) is 8.21. The van der Waals surface area contributed by atoms with Crippen LogP contribution in [-0.2, 0) is 0 Å². The molecular formula is C16H32N2. The van der Waals surface area contributed by atoms with Gasteiger partial charge in [-0.15, -0.1) is 0 Å². The van der Waals surface area contributed by atoms with Crippen LogP contribution in [0.3, 0.4) is 0 Å². The predicted octanol–water partition coefficient (Wildman–Crippen LogP) is 3.42. The highest BCUT2D eigenvalue weighted by Gasteiger charge is 2.29. The van der Waals surface area contributed by atoms with Crippen LogP contribution in [0.2, 0.25) is 0 Å². The molecule has 2 rings (SSSR count). The second-order valence-corrected chi connectivity index (χ2v) is 6.58. The van der Waals surface area contributed by atoms with Crippen molar-refractivity contribution in [2.45, 2.75) is 83.8 Å². The summed E-state index contributed by atoms with van der Waals surface area (Å²) in [5.41, 5.74) is 0. The Balaban J connectivity index is 1.81. The van der Waals surface area contributed by atoms with E-state index in [2.05, 4.69) is 31.0 Å². The fourth-order valence-electron chi connectivity index (χ4n) is 3.34. The lowest BCUT2D eigenvalue weighted by Crippen LogP contribution is -2.49. The molecule has 1 saturated carbocycles. The second-order valence-electron chi connectivity index (χ2n) is 6.58. The van der Waals surface area contributed by atoms with E-state index in [0.29, 0.717) is 0 Å². The first kappa shape index (κ1) is 14.3. The van der Waals surface area contributed by atoms with Gasteiger partial charge in [0.15, 0.2) is 0 Å². The molecule has 106 valence electrons. The monoisotopic (exact) mass is 252 g/mol. The quantitative estimate of drug-likeness (QED) is 0.747. The first-order valence-electron chi connectivity index (χ1n) is 8.21. The average molecular weight is 252 g/mol. The normalized spacial score (nSPS) is 29.2. The average Bonchev–Trinajstić information content (AvgIpc) is 3.20. The zero-order chi connectivity index (χ0) is 13.0. The molecule has 0 bridgehead atoms. The summed E-state index contributed by atoms with van der Waals surface area (Å²) in [5.74, 6) is 0.781. The molecule has 1 aliphatic heterocycles. The molecule has 3 atom stereocenters. The molecule has 2 fully saturated rings. The van der Waals surface area contributed by atoms with Crippen molar-refractivity contribution in [3.63, 3.8) is 0 Å². The van der Waals surface area contributed by atoms with Crippen LogP contribution < -0.4 is 5.32 Å². The molecule has 1 saturated heterocycles. The fraction of sp³-hybridized carbons (Fsp3) is 1.00. The minimum absolute atomic E-state index is 0.744. The summed E-state index contributed by atoms with van der Waals surface area (Å²) in [7, 11) is 0. The van der Waals surface area contributed by atoms with Gasteiger partial charge in [-0.05, 0) is 58.0 Å². The van der Waals surface area contributed by atoms with Crippen LogP contribution in [0.1, 0.15) is 65.7 Å². The van der Waals surface area contributed by atoms with E-state index < -0.39 is 0 Å². The molecule has 0 aromatic heterocycles. The molecule has 0 amide bonds. The van der Waals surface area contributed by atoms with Gasteiger partial charge in [-0.3, -0.25) is 4.90 Å². The van der Waals surface area contributed by atoms with E-state index in [-0.39, 0.29) is 0 Å². The molecule has 1 heterocycles. The number of piperidine rings is 1. The SMILES string of the molecule is CCCC1CCCCN1C(C)C(C)CNC1CC1. The molecule has 0 spiro atoms. The van der Waals surface area contributed by atoms with Crippen LogP contribution in [0.25, 0.3) is 0 Å². The number of hydrogen-bond acceptors (Lipinski definition) is 2. The number of likely N-dealkylation sites (tertiary alicyclic amines) is 1. The van der Waals surface area contributed by atoms with Gasteiger partial charge < -0.3 is 5.32 Å². The largest absolute Gasteiger partial charge is 0.314 e. The molecule has 2 heteroatoms. The molecule has 1 aliphatic carbocycles. The molecule has 0 radical (unpaired) electrons. The summed E-state index contributed by atoms with van der Waals surface area (Å²) >= 11 is 0. The van der Waals surface area contributed by atoms with Crippen LogP contribution in [0.15, 0.2) is 0 Å². The van der Waals surface area contributed by atoms with Gasteiger partial charge in [0, 0.05) is 18.1 Å². The Morgan fingerprint density at radius 2 is 1.94 bits per heavy atom. The standard InChI is InChI=1S/C16H32N2/c1-4-7-16-8-5-6-11-18(16)14(3)13(2)12-17-15-9-10-15/h13-17H,4-12H2,1-3H3. The molecule has 2 nitrogen and oxygen atoms in total. The van der Waals surface area contributed by atoms with Gasteiger partial charge in [0.1, 0.15) is 0 Å². The van der Waals surface area contributed by atoms with Gasteiger partial charge >= 0.3 is 0 Å². The van der Waals surface area contributed by atoms with E-state index in [1.807, 2.05) is 0 Å². The van der Waals surface area contributed by atoms with Gasteiger partial charge in [-0.25, -0.2) is 0 Å². The minimum Gasteiger partial charge on any atom is -0.314 e. The van der Waals surface area contributed by atoms with Gasteiger partial charge in [0.2, 0.25) is 0 Å². The zero-order valence-electron chi connectivity index (χ0n) is 12.6. The minimum atomic E-state index is 0.744. The van der Waals surface area contributed by atoms with Crippen molar-refractivity contribution >= 4 is 0 Å². The van der Waals surface area contributed by atoms with Gasteiger partial charge in [0.05, 0.1) is 0 Å². The second kappa shape index (κ2) is 6.91. The van der Waals surface area contributed by atoms with Crippen molar-refractivity contribution in [2.24, 2.45) is 5.92 Å². The Bertz CT molecular complexity index is 235. The lowest BCUT2D eigenvalue weighted by molar-refractivity contribution is 0.0690. The van der Waals surface area contributed by atoms with E-state index in [4.69, 9.17) is 0 Å². The lowest BCUT2D eigenvalue weighted by Gasteiger charge is -2.42. The lowest BCUT2D eigenvalue weighted by atomic mass is 9.92. The molecular weight excluding hydrogens is 220 g/mol. The van der Waals surface area contributed by atoms with E-state index in [9.17, 15) is 0 Å². The number of hydrogen-bond donors (Lipinski definition) is 1. The van der Waals surface area contributed by atoms with E-state index in [0.717, 1.165) is 24.0 Å². The summed E-state index contributed by atoms with van der Waals surface area (Å²) < 4.78 is 0. The first-order chi connectivity index (χ1) is 8.72. The molecule has 0 aromatic rings. The predicted molar refractivity (Wildman–Crippen MR) is 78.9 cm³/mol. The smallest absolute Gasteiger partial charge is 0.0108 e. The van der Waals surface area contributed by atoms with Crippen molar-refractivity contribution in [3.05, 3.63) is 0 Å². The van der Waals surface area contributed by atoms with Crippen LogP contribution in [0, 0.1) is 5.92 Å². The van der Waals surface area contributed by atoms with Crippen molar-refractivity contribution in [2.75, 3.05) is 13.1 Å². The van der Waals surface area contributed by atoms with Crippen molar-refractivity contribution in [3.8, 4) is 0 Å². The fourth-order valence-corrected chi connectivity index (χ4v) is 3.34. The van der Waals surface area contributed by atoms with Gasteiger partial charge in [-0.2, -0.15) is 0 Å². The molecule has 2 aliphatic rings. The highest BCUT2D eigenvalue weighted by Crippen LogP contribution is 2.26. The number of nitrogens with one attached hydrogen (secondary N) is 1. The highest BCUT2D eigenvalue weighted by atomic mass is 15.2. The highest BCUT2D eigenvalue weighted by molar-refractivity contribution is 4.86. The van der Waals surface area contributed by atoms with Crippen molar-refractivity contribution < 1.29 is 0 Å². The van der Waals surface area contributed by atoms with E-state index in [1.54, 1.807) is 0 Å². The Kier molecular flexibility index (Phi) is 5.50. The number of nitrogens with zero attached hydrogens (tertiary/aromatic N) is 1. The molecule has 18 heavy (non-hydrogen) atoms. The summed E-state index contributed by atoms with van der Waals surface area (Å²) in [6, 6.07) is 2.46. The molecule has 0 aromatic carbocycles. The maximum absolute atomic E-state index is 3.70. The molecule has 3 unspecified atom stereocenters. The van der Waals surface area contributed by atoms with Crippen LogP contribution in [-0.4, -0.2) is 36.1 Å². The van der Waals surface area contributed by atoms with Gasteiger partial charge in [-0.1, -0.05) is 26.7 Å².